The summed E-state index contributed by atoms with van der Waals surface area (Å²) < 4.78 is 5.39. The van der Waals surface area contributed by atoms with Crippen molar-refractivity contribution in [2.75, 3.05) is 0 Å². The average Bonchev–Trinajstić information content (AvgIpc) is 2.69. The lowest BCUT2D eigenvalue weighted by Crippen LogP contribution is -2.50. The molecule has 2 rings (SSSR count). The van der Waals surface area contributed by atoms with Gasteiger partial charge in [-0.15, -0.1) is 0 Å². The van der Waals surface area contributed by atoms with E-state index < -0.39 is 5.60 Å². The van der Waals surface area contributed by atoms with Crippen LogP contribution in [0, 0.1) is 5.92 Å². The largest absolute Gasteiger partial charge is 0.444 e. The number of carbonyl (C=O) groups is 1. The van der Waals surface area contributed by atoms with Gasteiger partial charge in [-0.25, -0.2) is 4.79 Å². The molecule has 2 N–H and O–H groups in total. The number of hydrogen-bond acceptors (Lipinski definition) is 3. The second-order valence-electron chi connectivity index (χ2n) is 8.27. The molecule has 0 heterocycles. The van der Waals surface area contributed by atoms with Crippen LogP contribution < -0.4 is 10.6 Å². The molecule has 2 aliphatic rings. The lowest BCUT2D eigenvalue weighted by molar-refractivity contribution is 0.0496. The van der Waals surface area contributed by atoms with Crippen molar-refractivity contribution >= 4 is 6.09 Å². The zero-order valence-corrected chi connectivity index (χ0v) is 14.8. The summed E-state index contributed by atoms with van der Waals surface area (Å²) in [4.78, 5) is 12.0. The van der Waals surface area contributed by atoms with E-state index in [4.69, 9.17) is 4.74 Å². The first-order valence-electron chi connectivity index (χ1n) is 9.09. The van der Waals surface area contributed by atoms with Gasteiger partial charge in [-0.1, -0.05) is 19.8 Å². The van der Waals surface area contributed by atoms with E-state index in [9.17, 15) is 4.79 Å². The summed E-state index contributed by atoms with van der Waals surface area (Å²) in [7, 11) is 0. The van der Waals surface area contributed by atoms with Gasteiger partial charge in [0.25, 0.3) is 0 Å². The normalized spacial score (nSPS) is 33.3. The summed E-state index contributed by atoms with van der Waals surface area (Å²) >= 11 is 0. The number of amides is 1. The van der Waals surface area contributed by atoms with Crippen molar-refractivity contribution in [2.45, 2.75) is 103 Å². The lowest BCUT2D eigenvalue weighted by atomic mass is 10.0. The molecule has 4 heteroatoms. The third kappa shape index (κ3) is 5.79. The Morgan fingerprint density at radius 1 is 0.955 bits per heavy atom. The van der Waals surface area contributed by atoms with Gasteiger partial charge in [-0.05, 0) is 65.2 Å². The fourth-order valence-corrected chi connectivity index (χ4v) is 3.75. The number of nitrogens with one attached hydrogen (secondary N) is 2. The maximum atomic E-state index is 12.0. The van der Waals surface area contributed by atoms with Crippen LogP contribution in [-0.2, 0) is 4.74 Å². The van der Waals surface area contributed by atoms with Gasteiger partial charge in [0.1, 0.15) is 5.60 Å². The van der Waals surface area contributed by atoms with Crippen molar-refractivity contribution in [3.05, 3.63) is 0 Å². The lowest BCUT2D eigenvalue weighted by Gasteiger charge is -2.28. The summed E-state index contributed by atoms with van der Waals surface area (Å²) in [6.45, 7) is 8.09. The highest BCUT2D eigenvalue weighted by molar-refractivity contribution is 5.68. The number of rotatable bonds is 3. The highest BCUT2D eigenvalue weighted by atomic mass is 16.6. The molecule has 22 heavy (non-hydrogen) atoms. The van der Waals surface area contributed by atoms with E-state index in [1.807, 2.05) is 20.8 Å². The molecule has 0 aromatic heterocycles. The van der Waals surface area contributed by atoms with Crippen LogP contribution in [0.5, 0.6) is 0 Å². The zero-order valence-electron chi connectivity index (χ0n) is 14.8. The number of carbonyl (C=O) groups excluding carboxylic acids is 1. The summed E-state index contributed by atoms with van der Waals surface area (Å²) in [6, 6.07) is 1.25. The molecular formula is C18H34N2O2. The monoisotopic (exact) mass is 310 g/mol. The Morgan fingerprint density at radius 2 is 1.64 bits per heavy atom. The Hall–Kier alpha value is -0.770. The molecule has 1 amide bonds. The molecule has 0 radical (unpaired) electrons. The van der Waals surface area contributed by atoms with Gasteiger partial charge in [0.15, 0.2) is 0 Å². The SMILES string of the molecule is CC1CCCC(NC2CCCC2NC(=O)OC(C)(C)C)CC1. The third-order valence-electron chi connectivity index (χ3n) is 4.93. The molecule has 4 atom stereocenters. The highest BCUT2D eigenvalue weighted by Crippen LogP contribution is 2.26. The van der Waals surface area contributed by atoms with E-state index in [0.717, 1.165) is 18.8 Å². The summed E-state index contributed by atoms with van der Waals surface area (Å²) in [5, 5.41) is 6.90. The van der Waals surface area contributed by atoms with Crippen molar-refractivity contribution in [1.82, 2.24) is 10.6 Å². The van der Waals surface area contributed by atoms with Crippen molar-refractivity contribution in [3.8, 4) is 0 Å². The molecule has 0 aromatic carbocycles. The van der Waals surface area contributed by atoms with Gasteiger partial charge >= 0.3 is 6.09 Å². The van der Waals surface area contributed by atoms with Crippen LogP contribution in [0.25, 0.3) is 0 Å². The minimum atomic E-state index is -0.428. The first-order valence-corrected chi connectivity index (χ1v) is 9.09. The van der Waals surface area contributed by atoms with Crippen molar-refractivity contribution < 1.29 is 9.53 Å². The molecule has 2 saturated carbocycles. The van der Waals surface area contributed by atoms with E-state index in [1.165, 1.54) is 38.5 Å². The quantitative estimate of drug-likeness (QED) is 0.775. The first-order chi connectivity index (χ1) is 10.3. The van der Waals surface area contributed by atoms with E-state index in [1.54, 1.807) is 0 Å². The van der Waals surface area contributed by atoms with Crippen molar-refractivity contribution in [3.63, 3.8) is 0 Å². The third-order valence-corrected chi connectivity index (χ3v) is 4.93. The smallest absolute Gasteiger partial charge is 0.407 e. The Bertz CT molecular complexity index is 365. The van der Waals surface area contributed by atoms with E-state index in [-0.39, 0.29) is 12.1 Å². The number of hydrogen-bond donors (Lipinski definition) is 2. The Kier molecular flexibility index (Phi) is 6.13. The van der Waals surface area contributed by atoms with Crippen LogP contribution in [0.1, 0.15) is 79.1 Å². The van der Waals surface area contributed by atoms with Crippen LogP contribution in [-0.4, -0.2) is 29.8 Å². The highest BCUT2D eigenvalue weighted by Gasteiger charge is 2.31. The second-order valence-corrected chi connectivity index (χ2v) is 8.27. The van der Waals surface area contributed by atoms with E-state index >= 15 is 0 Å². The van der Waals surface area contributed by atoms with Crippen molar-refractivity contribution in [2.24, 2.45) is 5.92 Å². The van der Waals surface area contributed by atoms with Crippen LogP contribution in [0.4, 0.5) is 4.79 Å². The molecule has 2 aliphatic carbocycles. The first kappa shape index (κ1) is 17.6. The van der Waals surface area contributed by atoms with Crippen LogP contribution in [0.15, 0.2) is 0 Å². The van der Waals surface area contributed by atoms with Crippen molar-refractivity contribution in [1.29, 1.82) is 0 Å². The molecule has 0 saturated heterocycles. The maximum Gasteiger partial charge on any atom is 0.407 e. The molecule has 2 fully saturated rings. The maximum absolute atomic E-state index is 12.0. The fourth-order valence-electron chi connectivity index (χ4n) is 3.75. The molecule has 128 valence electrons. The standard InChI is InChI=1S/C18H34N2O2/c1-13-7-5-8-14(12-11-13)19-15-9-6-10-16(15)20-17(21)22-18(2,3)4/h13-16,19H,5-12H2,1-4H3,(H,20,21). The van der Waals surface area contributed by atoms with Gasteiger partial charge in [0, 0.05) is 18.1 Å². The van der Waals surface area contributed by atoms with Crippen LogP contribution in [0.2, 0.25) is 0 Å². The second kappa shape index (κ2) is 7.67. The average molecular weight is 310 g/mol. The number of ether oxygens (including phenoxy) is 1. The van der Waals surface area contributed by atoms with E-state index in [2.05, 4.69) is 17.6 Å². The van der Waals surface area contributed by atoms with Gasteiger partial charge in [0.05, 0.1) is 0 Å². The molecule has 0 aromatic rings. The molecule has 0 aliphatic heterocycles. The van der Waals surface area contributed by atoms with E-state index in [0.29, 0.717) is 12.1 Å². The van der Waals surface area contributed by atoms with Gasteiger partial charge in [-0.3, -0.25) is 0 Å². The molecule has 0 bridgehead atoms. The minimum absolute atomic E-state index is 0.218. The fraction of sp³-hybridized carbons (Fsp3) is 0.944. The molecular weight excluding hydrogens is 276 g/mol. The predicted molar refractivity (Wildman–Crippen MR) is 90.0 cm³/mol. The topological polar surface area (TPSA) is 50.4 Å². The minimum Gasteiger partial charge on any atom is -0.444 e. The Balaban J connectivity index is 1.81. The Labute approximate surface area is 135 Å². The zero-order chi connectivity index (χ0) is 16.2. The molecule has 4 unspecified atom stereocenters. The predicted octanol–water partition coefficient (Wildman–Crippen LogP) is 3.99. The van der Waals surface area contributed by atoms with Gasteiger partial charge in [0.2, 0.25) is 0 Å². The van der Waals surface area contributed by atoms with Crippen LogP contribution in [0.3, 0.4) is 0 Å². The van der Waals surface area contributed by atoms with Gasteiger partial charge < -0.3 is 15.4 Å². The summed E-state index contributed by atoms with van der Waals surface area (Å²) in [5.74, 6) is 0.867. The summed E-state index contributed by atoms with van der Waals surface area (Å²) in [5.41, 5.74) is -0.428. The number of alkyl carbamates (subject to hydrolysis) is 1. The molecule has 4 nitrogen and oxygen atoms in total. The molecule has 0 spiro atoms. The van der Waals surface area contributed by atoms with Gasteiger partial charge in [-0.2, -0.15) is 0 Å². The Morgan fingerprint density at radius 3 is 2.36 bits per heavy atom. The summed E-state index contributed by atoms with van der Waals surface area (Å²) in [6.07, 6.45) is 9.69. The van der Waals surface area contributed by atoms with Crippen LogP contribution >= 0.6 is 0 Å².